The van der Waals surface area contributed by atoms with Gasteiger partial charge in [-0.15, -0.1) is 0 Å². The minimum atomic E-state index is -3.06. The third kappa shape index (κ3) is 5.45. The predicted molar refractivity (Wildman–Crippen MR) is 118 cm³/mol. The van der Waals surface area contributed by atoms with Crippen LogP contribution < -0.4 is 14.2 Å². The molecule has 1 aromatic rings. The van der Waals surface area contributed by atoms with Crippen LogP contribution in [0.1, 0.15) is 36.5 Å². The lowest BCUT2D eigenvalue weighted by molar-refractivity contribution is -0.0526. The number of hydrogen-bond acceptors (Lipinski definition) is 5. The fraction of sp³-hybridized carbons (Fsp3) is 0.435. The molecular formula is C23H24Cl2F2O5. The first-order chi connectivity index (χ1) is 15.3. The first-order valence-corrected chi connectivity index (χ1v) is 10.9. The number of alkyl halides is 2. The summed E-state index contributed by atoms with van der Waals surface area (Å²) in [6, 6.07) is 2.66. The number of carbonyl (C=O) groups is 1. The predicted octanol–water partition coefficient (Wildman–Crippen LogP) is 6.25. The Kier molecular flexibility index (Phi) is 8.20. The van der Waals surface area contributed by atoms with Crippen molar-refractivity contribution in [2.75, 3.05) is 26.4 Å². The van der Waals surface area contributed by atoms with E-state index in [0.717, 1.165) is 0 Å². The van der Waals surface area contributed by atoms with Crippen molar-refractivity contribution in [3.05, 3.63) is 52.1 Å². The highest BCUT2D eigenvalue weighted by atomic mass is 35.5. The van der Waals surface area contributed by atoms with E-state index in [-0.39, 0.29) is 58.7 Å². The molecule has 1 saturated heterocycles. The Morgan fingerprint density at radius 3 is 2.47 bits per heavy atom. The normalized spacial score (nSPS) is 18.8. The maximum atomic E-state index is 13.2. The highest BCUT2D eigenvalue weighted by Gasteiger charge is 2.39. The van der Waals surface area contributed by atoms with Gasteiger partial charge in [0.15, 0.2) is 17.3 Å². The van der Waals surface area contributed by atoms with Crippen LogP contribution in [0.4, 0.5) is 8.78 Å². The van der Waals surface area contributed by atoms with E-state index in [4.69, 9.17) is 37.4 Å². The number of benzene rings is 1. The molecule has 0 unspecified atom stereocenters. The van der Waals surface area contributed by atoms with Crippen LogP contribution in [0.25, 0.3) is 0 Å². The van der Waals surface area contributed by atoms with Crippen LogP contribution in [0, 0.1) is 5.41 Å². The standard InChI is InChI=1S/C23H24Cl2F2O5/c1-3-16(24)15(17(25)4-2)11-18(28)14-5-6-19(32-22(26)27)21-20(14)30-12-23(13-31-21)7-9-29-10-8-23/h3-6,22H,1,7-13H2,2H3/b16-15+,17-4+. The van der Waals surface area contributed by atoms with Crippen molar-refractivity contribution in [1.82, 2.24) is 0 Å². The summed E-state index contributed by atoms with van der Waals surface area (Å²) in [5, 5.41) is 0.550. The SMILES string of the molecule is C=C/C(Cl)=C(CC(=O)c1ccc(OC(F)F)c2c1OCC1(CCOCC1)CO2)\C(Cl)=C/C. The molecule has 9 heteroatoms. The second kappa shape index (κ2) is 10.7. The quantitative estimate of drug-likeness (QED) is 0.335. The largest absolute Gasteiger partial charge is 0.488 e. The second-order valence-corrected chi connectivity index (χ2v) is 8.42. The lowest BCUT2D eigenvalue weighted by atomic mass is 9.82. The minimum absolute atomic E-state index is 0.0167. The Morgan fingerprint density at radius 2 is 1.88 bits per heavy atom. The van der Waals surface area contributed by atoms with Crippen LogP contribution in [0.3, 0.4) is 0 Å². The van der Waals surface area contributed by atoms with Gasteiger partial charge < -0.3 is 18.9 Å². The number of rotatable bonds is 7. The molecule has 0 N–H and O–H groups in total. The molecule has 1 fully saturated rings. The van der Waals surface area contributed by atoms with Crippen molar-refractivity contribution >= 4 is 29.0 Å². The highest BCUT2D eigenvalue weighted by Crippen LogP contribution is 2.46. The molecule has 0 aromatic heterocycles. The minimum Gasteiger partial charge on any atom is -0.488 e. The van der Waals surface area contributed by atoms with Gasteiger partial charge in [-0.1, -0.05) is 41.9 Å². The van der Waals surface area contributed by atoms with Gasteiger partial charge in [-0.05, 0) is 37.5 Å². The van der Waals surface area contributed by atoms with E-state index in [1.807, 2.05) is 0 Å². The molecule has 0 radical (unpaired) electrons. The fourth-order valence-corrected chi connectivity index (χ4v) is 4.04. The number of fused-ring (bicyclic) bond motifs is 1. The van der Waals surface area contributed by atoms with Crippen LogP contribution >= 0.6 is 23.2 Å². The van der Waals surface area contributed by atoms with Crippen molar-refractivity contribution in [3.8, 4) is 17.2 Å². The molecule has 174 valence electrons. The number of carbonyl (C=O) groups excluding carboxylic acids is 1. The van der Waals surface area contributed by atoms with Crippen molar-refractivity contribution in [1.29, 1.82) is 0 Å². The molecule has 0 amide bonds. The third-order valence-corrected chi connectivity index (χ3v) is 6.37. The lowest BCUT2D eigenvalue weighted by Crippen LogP contribution is -2.39. The van der Waals surface area contributed by atoms with Gasteiger partial charge in [-0.3, -0.25) is 4.79 Å². The van der Waals surface area contributed by atoms with Gasteiger partial charge in [0.1, 0.15) is 0 Å². The molecule has 2 aliphatic rings. The molecule has 0 atom stereocenters. The molecule has 2 heterocycles. The number of hydrogen-bond donors (Lipinski definition) is 0. The summed E-state index contributed by atoms with van der Waals surface area (Å²) in [6.45, 7) is 3.86. The number of allylic oxidation sites excluding steroid dienone is 5. The number of ketones is 1. The maximum Gasteiger partial charge on any atom is 0.387 e. The fourth-order valence-electron chi connectivity index (χ4n) is 3.65. The Morgan fingerprint density at radius 1 is 1.22 bits per heavy atom. The first-order valence-electron chi connectivity index (χ1n) is 10.1. The topological polar surface area (TPSA) is 54.0 Å². The summed E-state index contributed by atoms with van der Waals surface area (Å²) < 4.78 is 48.0. The molecule has 1 aromatic carbocycles. The number of Topliss-reactive ketones (excluding diaryl/α,β-unsaturated/α-hetero) is 1. The zero-order chi connectivity index (χ0) is 23.3. The Hall–Kier alpha value is -2.09. The molecule has 0 bridgehead atoms. The van der Waals surface area contributed by atoms with Crippen LogP contribution in [0.5, 0.6) is 17.2 Å². The van der Waals surface area contributed by atoms with Gasteiger partial charge in [0.25, 0.3) is 0 Å². The molecule has 0 aliphatic carbocycles. The Balaban J connectivity index is 1.99. The van der Waals surface area contributed by atoms with Crippen molar-refractivity contribution in [2.45, 2.75) is 32.8 Å². The highest BCUT2D eigenvalue weighted by molar-refractivity contribution is 6.36. The van der Waals surface area contributed by atoms with Crippen LogP contribution in [0.2, 0.25) is 0 Å². The molecule has 1 spiro atoms. The molecule has 32 heavy (non-hydrogen) atoms. The summed E-state index contributed by atoms with van der Waals surface area (Å²) in [5.74, 6) is -0.507. The third-order valence-electron chi connectivity index (χ3n) is 5.54. The van der Waals surface area contributed by atoms with Gasteiger partial charge >= 0.3 is 6.61 Å². The van der Waals surface area contributed by atoms with E-state index in [2.05, 4.69) is 11.3 Å². The second-order valence-electron chi connectivity index (χ2n) is 7.60. The maximum absolute atomic E-state index is 13.2. The van der Waals surface area contributed by atoms with Gasteiger partial charge in [0, 0.05) is 35.1 Å². The smallest absolute Gasteiger partial charge is 0.387 e. The van der Waals surface area contributed by atoms with Gasteiger partial charge in [0.2, 0.25) is 5.75 Å². The van der Waals surface area contributed by atoms with Gasteiger partial charge in [0.05, 0.1) is 18.8 Å². The van der Waals surface area contributed by atoms with E-state index in [9.17, 15) is 13.6 Å². The van der Waals surface area contributed by atoms with Gasteiger partial charge in [-0.2, -0.15) is 8.78 Å². The van der Waals surface area contributed by atoms with Crippen molar-refractivity contribution in [2.24, 2.45) is 5.41 Å². The first kappa shape index (κ1) is 24.6. The summed E-state index contributed by atoms with van der Waals surface area (Å²) in [5.41, 5.74) is 0.218. The molecular weight excluding hydrogens is 465 g/mol. The zero-order valence-corrected chi connectivity index (χ0v) is 19.1. The van der Waals surface area contributed by atoms with E-state index < -0.39 is 6.61 Å². The summed E-state index contributed by atoms with van der Waals surface area (Å²) in [7, 11) is 0. The molecule has 2 aliphatic heterocycles. The molecule has 0 saturated carbocycles. The Bertz CT molecular complexity index is 937. The zero-order valence-electron chi connectivity index (χ0n) is 17.6. The van der Waals surface area contributed by atoms with E-state index in [1.165, 1.54) is 18.2 Å². The van der Waals surface area contributed by atoms with E-state index >= 15 is 0 Å². The van der Waals surface area contributed by atoms with Crippen molar-refractivity contribution < 1.29 is 32.5 Å². The monoisotopic (exact) mass is 488 g/mol. The van der Waals surface area contributed by atoms with E-state index in [0.29, 0.717) is 36.7 Å². The van der Waals surface area contributed by atoms with Gasteiger partial charge in [-0.25, -0.2) is 0 Å². The average molecular weight is 489 g/mol. The number of ether oxygens (including phenoxy) is 4. The summed E-state index contributed by atoms with van der Waals surface area (Å²) >= 11 is 12.4. The van der Waals surface area contributed by atoms with E-state index in [1.54, 1.807) is 13.0 Å². The van der Waals surface area contributed by atoms with Crippen molar-refractivity contribution in [3.63, 3.8) is 0 Å². The van der Waals surface area contributed by atoms with Crippen LogP contribution in [-0.4, -0.2) is 38.8 Å². The summed E-state index contributed by atoms with van der Waals surface area (Å²) in [6.07, 6.45) is 4.25. The molecule has 3 rings (SSSR count). The summed E-state index contributed by atoms with van der Waals surface area (Å²) in [4.78, 5) is 13.2. The van der Waals surface area contributed by atoms with Crippen LogP contribution in [0.15, 0.2) is 46.5 Å². The average Bonchev–Trinajstić information content (AvgIpc) is 2.97. The molecule has 5 nitrogen and oxygen atoms in total. The van der Waals surface area contributed by atoms with Crippen LogP contribution in [-0.2, 0) is 4.74 Å². The Labute approximate surface area is 195 Å². The lowest BCUT2D eigenvalue weighted by Gasteiger charge is -2.34. The number of halogens is 4.